The van der Waals surface area contributed by atoms with Crippen LogP contribution in [0, 0.1) is 0 Å². The van der Waals surface area contributed by atoms with Gasteiger partial charge in [0.2, 0.25) is 0 Å². The van der Waals surface area contributed by atoms with E-state index in [4.69, 9.17) is 9.90 Å². The molecule has 1 aromatic carbocycles. The first-order chi connectivity index (χ1) is 4.39. The fourth-order valence-electron chi connectivity index (χ4n) is 0.428. The number of para-hydroxylation sites is 1. The van der Waals surface area contributed by atoms with Gasteiger partial charge in [-0.1, -0.05) is 18.2 Å². The molecule has 0 saturated heterocycles. The van der Waals surface area contributed by atoms with Crippen LogP contribution in [0.3, 0.4) is 0 Å². The van der Waals surface area contributed by atoms with Gasteiger partial charge in [0.05, 0.1) is 0 Å². The Morgan fingerprint density at radius 3 is 1.64 bits per heavy atom. The van der Waals surface area contributed by atoms with Gasteiger partial charge in [-0.15, -0.1) is 0 Å². The van der Waals surface area contributed by atoms with E-state index in [1.54, 1.807) is 24.3 Å². The first-order valence-electron chi connectivity index (χ1n) is 2.42. The van der Waals surface area contributed by atoms with Crippen LogP contribution in [0.2, 0.25) is 0 Å². The topological polar surface area (TPSA) is 37.3 Å². The van der Waals surface area contributed by atoms with Gasteiger partial charge in [0.1, 0.15) is 12.5 Å². The number of aromatic hydroxyl groups is 1. The maximum atomic E-state index is 8.63. The van der Waals surface area contributed by atoms with Crippen LogP contribution in [0.4, 0.5) is 0 Å². The van der Waals surface area contributed by atoms with Crippen molar-refractivity contribution in [1.29, 1.82) is 0 Å². The zero-order chi connectivity index (χ0) is 7.11. The molecule has 54 valence electrons. The average molecular weight is 174 g/mol. The van der Waals surface area contributed by atoms with E-state index < -0.39 is 0 Å². The number of hydrogen-bond acceptors (Lipinski definition) is 2. The number of phenols is 1. The zero-order valence-corrected chi connectivity index (χ0v) is 4.95. The Hall–Kier alpha value is 0.547. The van der Waals surface area contributed by atoms with E-state index in [2.05, 4.69) is 0 Å². The second-order valence-electron chi connectivity index (χ2n) is 1.34. The van der Waals surface area contributed by atoms with Gasteiger partial charge in [0.15, 0.2) is 0 Å². The summed E-state index contributed by atoms with van der Waals surface area (Å²) in [6.07, 6.45) is 0. The van der Waals surface area contributed by atoms with Crippen molar-refractivity contribution >= 4 is 63.4 Å². The second kappa shape index (κ2) is 13.2. The molecule has 0 heterocycles. The molecule has 0 aromatic heterocycles. The van der Waals surface area contributed by atoms with E-state index >= 15 is 0 Å². The molecule has 11 heavy (non-hydrogen) atoms. The Morgan fingerprint density at radius 2 is 1.45 bits per heavy atom. The summed E-state index contributed by atoms with van der Waals surface area (Å²) in [6.45, 7) is 2.00. The minimum atomic E-state index is 0. The Kier molecular flexibility index (Phi) is 21.0. The molecule has 0 aliphatic heterocycles. The quantitative estimate of drug-likeness (QED) is 0.545. The van der Waals surface area contributed by atoms with Gasteiger partial charge in [-0.2, -0.15) is 0 Å². The monoisotopic (exact) mass is 174 g/mol. The summed E-state index contributed by atoms with van der Waals surface area (Å²) in [5, 5.41) is 8.63. The summed E-state index contributed by atoms with van der Waals surface area (Å²) in [6, 6.07) is 8.71. The molecule has 0 atom stereocenters. The van der Waals surface area contributed by atoms with Gasteiger partial charge in [0.25, 0.3) is 0 Å². The van der Waals surface area contributed by atoms with Crippen molar-refractivity contribution in [2.75, 3.05) is 0 Å². The molecule has 0 fully saturated rings. The Morgan fingerprint density at radius 1 is 1.09 bits per heavy atom. The number of hydrogen-bond donors (Lipinski definition) is 1. The van der Waals surface area contributed by atoms with Crippen molar-refractivity contribution in [3.63, 3.8) is 0 Å². The summed E-state index contributed by atoms with van der Waals surface area (Å²) >= 11 is 0. The van der Waals surface area contributed by atoms with Crippen LogP contribution < -0.4 is 0 Å². The van der Waals surface area contributed by atoms with Crippen LogP contribution in [-0.2, 0) is 4.79 Å². The van der Waals surface area contributed by atoms with Gasteiger partial charge in [-0.25, -0.2) is 0 Å². The predicted molar refractivity (Wildman–Crippen MR) is 50.9 cm³/mol. The Bertz CT molecular complexity index is 158. The van der Waals surface area contributed by atoms with Crippen LogP contribution in [0.5, 0.6) is 5.75 Å². The number of carbonyl (C=O) groups is 1. The van der Waals surface area contributed by atoms with E-state index in [0.29, 0.717) is 5.75 Å². The van der Waals surface area contributed by atoms with Crippen molar-refractivity contribution in [1.82, 2.24) is 0 Å². The van der Waals surface area contributed by atoms with E-state index in [0.717, 1.165) is 0 Å². The molecular formula is C7H11CaLiO2. The molecule has 0 amide bonds. The predicted octanol–water partition coefficient (Wildman–Crippen LogP) is -0.357. The fourth-order valence-corrected chi connectivity index (χ4v) is 0.428. The van der Waals surface area contributed by atoms with Gasteiger partial charge in [-0.3, -0.25) is 0 Å². The number of rotatable bonds is 0. The van der Waals surface area contributed by atoms with Crippen molar-refractivity contribution in [3.05, 3.63) is 30.3 Å². The standard InChI is InChI=1S/C6H6O.CH2O.Ca.Li.3H/c7-6-4-2-1-3-5-6;1-2;;;;;/h1-5,7H;1H2;;;;;. The molecule has 1 N–H and O–H groups in total. The normalized spacial score (nSPS) is 5.82. The number of carbonyl (C=O) groups excluding carboxylic acids is 1. The molecule has 0 radical (unpaired) electrons. The third kappa shape index (κ3) is 10.5. The summed E-state index contributed by atoms with van der Waals surface area (Å²) in [4.78, 5) is 8.00. The van der Waals surface area contributed by atoms with Crippen LogP contribution in [0.1, 0.15) is 0 Å². The molecular weight excluding hydrogens is 163 g/mol. The summed E-state index contributed by atoms with van der Waals surface area (Å²) in [7, 11) is 0. The molecule has 0 spiro atoms. The molecule has 1 rings (SSSR count). The van der Waals surface area contributed by atoms with Crippen LogP contribution in [0.15, 0.2) is 30.3 Å². The SMILES string of the molecule is C=O.Oc1ccccc1.[CaH2].[LiH]. The van der Waals surface area contributed by atoms with E-state index in [9.17, 15) is 0 Å². The molecule has 4 heteroatoms. The van der Waals surface area contributed by atoms with E-state index in [1.807, 2.05) is 12.9 Å². The minimum absolute atomic E-state index is 0. The summed E-state index contributed by atoms with van der Waals surface area (Å²) < 4.78 is 0. The summed E-state index contributed by atoms with van der Waals surface area (Å²) in [5.41, 5.74) is 0. The van der Waals surface area contributed by atoms with Gasteiger partial charge in [0, 0.05) is 0 Å². The third-order valence-electron chi connectivity index (χ3n) is 0.756. The Balaban J connectivity index is -0.000000149. The van der Waals surface area contributed by atoms with E-state index in [-0.39, 0.29) is 56.6 Å². The summed E-state index contributed by atoms with van der Waals surface area (Å²) in [5.74, 6) is 0.322. The van der Waals surface area contributed by atoms with Crippen molar-refractivity contribution in [3.8, 4) is 5.75 Å². The molecule has 0 aliphatic rings. The van der Waals surface area contributed by atoms with Gasteiger partial charge in [-0.05, 0) is 12.1 Å². The third-order valence-corrected chi connectivity index (χ3v) is 0.756. The van der Waals surface area contributed by atoms with Crippen molar-refractivity contribution < 1.29 is 9.90 Å². The second-order valence-corrected chi connectivity index (χ2v) is 1.34. The van der Waals surface area contributed by atoms with Crippen LogP contribution in [-0.4, -0.2) is 68.5 Å². The number of phenolic OH excluding ortho intramolecular Hbond substituents is 1. The van der Waals surface area contributed by atoms with Crippen LogP contribution >= 0.6 is 0 Å². The van der Waals surface area contributed by atoms with Crippen LogP contribution in [0.25, 0.3) is 0 Å². The van der Waals surface area contributed by atoms with Crippen molar-refractivity contribution in [2.24, 2.45) is 0 Å². The molecule has 2 nitrogen and oxygen atoms in total. The Labute approximate surface area is 108 Å². The molecule has 0 saturated carbocycles. The maximum absolute atomic E-state index is 8.63. The molecule has 0 aliphatic carbocycles. The first kappa shape index (κ1) is 17.6. The average Bonchev–Trinajstić information content (AvgIpc) is 1.94. The number of benzene rings is 1. The van der Waals surface area contributed by atoms with Gasteiger partial charge < -0.3 is 9.90 Å². The molecule has 0 bridgehead atoms. The first-order valence-corrected chi connectivity index (χ1v) is 2.42. The molecule has 0 unspecified atom stereocenters. The van der Waals surface area contributed by atoms with Crippen molar-refractivity contribution in [2.45, 2.75) is 0 Å². The zero-order valence-electron chi connectivity index (χ0n) is 4.95. The van der Waals surface area contributed by atoms with E-state index in [1.165, 1.54) is 0 Å². The fraction of sp³-hybridized carbons (Fsp3) is 0. The van der Waals surface area contributed by atoms with Gasteiger partial charge >= 0.3 is 56.6 Å². The molecule has 1 aromatic rings.